The first-order valence-corrected chi connectivity index (χ1v) is 7.54. The van der Waals surface area contributed by atoms with E-state index in [2.05, 4.69) is 29.8 Å². The van der Waals surface area contributed by atoms with Gasteiger partial charge in [-0.1, -0.05) is 0 Å². The van der Waals surface area contributed by atoms with Gasteiger partial charge in [0.25, 0.3) is 0 Å². The molecule has 1 fully saturated rings. The third-order valence-electron chi connectivity index (χ3n) is 3.89. The molecule has 0 aliphatic carbocycles. The second kappa shape index (κ2) is 5.75. The Morgan fingerprint density at radius 2 is 2.00 bits per heavy atom. The number of anilines is 1. The van der Waals surface area contributed by atoms with Gasteiger partial charge < -0.3 is 9.64 Å². The normalized spacial score (nSPS) is 17.6. The lowest BCUT2D eigenvalue weighted by Crippen LogP contribution is -2.26. The molecule has 0 spiro atoms. The van der Waals surface area contributed by atoms with E-state index in [1.54, 1.807) is 31.1 Å². The monoisotopic (exact) mass is 308 g/mol. The number of fused-ring (bicyclic) bond motifs is 1. The molecule has 116 valence electrons. The molecular formula is C16H16N6O. The second-order valence-electron chi connectivity index (χ2n) is 5.61. The zero-order valence-electron chi connectivity index (χ0n) is 12.8. The Labute approximate surface area is 133 Å². The van der Waals surface area contributed by atoms with Crippen LogP contribution in [0.3, 0.4) is 0 Å². The molecule has 0 radical (unpaired) electrons. The molecule has 1 saturated heterocycles. The number of ether oxygens (including phenoxy) is 1. The molecule has 4 rings (SSSR count). The average Bonchev–Trinajstić information content (AvgIpc) is 3.05. The maximum absolute atomic E-state index is 5.87. The molecule has 23 heavy (non-hydrogen) atoms. The van der Waals surface area contributed by atoms with Crippen LogP contribution in [0, 0.1) is 6.92 Å². The Kier molecular flexibility index (Phi) is 3.45. The maximum Gasteiger partial charge on any atom is 0.316 e. The van der Waals surface area contributed by atoms with Crippen LogP contribution in [0.2, 0.25) is 0 Å². The van der Waals surface area contributed by atoms with Gasteiger partial charge in [0.2, 0.25) is 0 Å². The Hall–Kier alpha value is -2.83. The van der Waals surface area contributed by atoms with Crippen molar-refractivity contribution in [1.29, 1.82) is 0 Å². The zero-order chi connectivity index (χ0) is 15.6. The van der Waals surface area contributed by atoms with Gasteiger partial charge in [0.15, 0.2) is 0 Å². The van der Waals surface area contributed by atoms with Crippen LogP contribution in [0.1, 0.15) is 12.0 Å². The minimum Gasteiger partial charge on any atom is -0.458 e. The first-order chi connectivity index (χ1) is 11.3. The molecule has 0 aromatic carbocycles. The first kappa shape index (κ1) is 13.8. The van der Waals surface area contributed by atoms with Crippen LogP contribution in [0.4, 0.5) is 5.82 Å². The molecule has 7 nitrogen and oxygen atoms in total. The van der Waals surface area contributed by atoms with E-state index in [4.69, 9.17) is 4.74 Å². The minimum atomic E-state index is 0.0598. The number of hydrogen-bond donors (Lipinski definition) is 0. The van der Waals surface area contributed by atoms with Gasteiger partial charge in [0.05, 0.1) is 18.3 Å². The number of aromatic nitrogens is 5. The molecule has 1 unspecified atom stereocenters. The quantitative estimate of drug-likeness (QED) is 0.730. The summed E-state index contributed by atoms with van der Waals surface area (Å²) in [6.07, 6.45) is 9.60. The molecule has 4 heterocycles. The van der Waals surface area contributed by atoms with Gasteiger partial charge in [-0.2, -0.15) is 0 Å². The number of nitrogens with zero attached hydrogens (tertiary/aromatic N) is 6. The van der Waals surface area contributed by atoms with Crippen LogP contribution in [-0.2, 0) is 0 Å². The molecule has 3 aromatic heterocycles. The topological polar surface area (TPSA) is 76.9 Å². The van der Waals surface area contributed by atoms with E-state index >= 15 is 0 Å². The molecule has 3 aromatic rings. The van der Waals surface area contributed by atoms with Crippen molar-refractivity contribution in [3.05, 3.63) is 42.7 Å². The Morgan fingerprint density at radius 1 is 1.13 bits per heavy atom. The highest BCUT2D eigenvalue weighted by molar-refractivity contribution is 5.88. The van der Waals surface area contributed by atoms with Crippen LogP contribution in [0.25, 0.3) is 10.9 Å². The summed E-state index contributed by atoms with van der Waals surface area (Å²) >= 11 is 0. The molecule has 0 N–H and O–H groups in total. The summed E-state index contributed by atoms with van der Waals surface area (Å²) < 4.78 is 5.87. The van der Waals surface area contributed by atoms with Crippen LogP contribution >= 0.6 is 0 Å². The van der Waals surface area contributed by atoms with E-state index in [1.165, 1.54) is 0 Å². The van der Waals surface area contributed by atoms with Crippen LogP contribution < -0.4 is 9.64 Å². The zero-order valence-corrected chi connectivity index (χ0v) is 12.8. The summed E-state index contributed by atoms with van der Waals surface area (Å²) in [5, 5.41) is 1.01. The minimum absolute atomic E-state index is 0.0598. The summed E-state index contributed by atoms with van der Waals surface area (Å²) in [6.45, 7) is 3.59. The van der Waals surface area contributed by atoms with E-state index in [-0.39, 0.29) is 6.10 Å². The maximum atomic E-state index is 5.87. The third-order valence-corrected chi connectivity index (χ3v) is 3.89. The number of rotatable bonds is 3. The lowest BCUT2D eigenvalue weighted by molar-refractivity contribution is 0.206. The summed E-state index contributed by atoms with van der Waals surface area (Å²) in [5.74, 6) is 0.924. The lowest BCUT2D eigenvalue weighted by atomic mass is 10.3. The summed E-state index contributed by atoms with van der Waals surface area (Å²) in [7, 11) is 0. The first-order valence-electron chi connectivity index (χ1n) is 7.54. The fourth-order valence-corrected chi connectivity index (χ4v) is 2.75. The second-order valence-corrected chi connectivity index (χ2v) is 5.61. The van der Waals surface area contributed by atoms with Crippen molar-refractivity contribution in [3.8, 4) is 6.01 Å². The van der Waals surface area contributed by atoms with Crippen molar-refractivity contribution in [2.75, 3.05) is 18.0 Å². The largest absolute Gasteiger partial charge is 0.458 e. The van der Waals surface area contributed by atoms with E-state index in [0.717, 1.165) is 41.8 Å². The summed E-state index contributed by atoms with van der Waals surface area (Å²) in [4.78, 5) is 23.4. The highest BCUT2D eigenvalue weighted by Crippen LogP contribution is 2.26. The van der Waals surface area contributed by atoms with Crippen molar-refractivity contribution in [2.45, 2.75) is 19.4 Å². The highest BCUT2D eigenvalue weighted by Gasteiger charge is 2.26. The molecule has 1 atom stereocenters. The lowest BCUT2D eigenvalue weighted by Gasteiger charge is -2.18. The van der Waals surface area contributed by atoms with Crippen LogP contribution in [0.5, 0.6) is 6.01 Å². The van der Waals surface area contributed by atoms with Gasteiger partial charge >= 0.3 is 6.01 Å². The van der Waals surface area contributed by atoms with Gasteiger partial charge in [-0.25, -0.2) is 19.9 Å². The van der Waals surface area contributed by atoms with Crippen LogP contribution in [0.15, 0.2) is 37.2 Å². The number of hydrogen-bond acceptors (Lipinski definition) is 7. The van der Waals surface area contributed by atoms with E-state index < -0.39 is 0 Å². The molecule has 1 aliphatic rings. The molecule has 1 aliphatic heterocycles. The smallest absolute Gasteiger partial charge is 0.316 e. The van der Waals surface area contributed by atoms with Gasteiger partial charge in [-0.3, -0.25) is 4.98 Å². The molecule has 0 saturated carbocycles. The van der Waals surface area contributed by atoms with Gasteiger partial charge in [-0.15, -0.1) is 0 Å². The predicted octanol–water partition coefficient (Wildman–Crippen LogP) is 1.78. The van der Waals surface area contributed by atoms with Crippen molar-refractivity contribution >= 4 is 16.7 Å². The Balaban J connectivity index is 1.52. The fraction of sp³-hybridized carbons (Fsp3) is 0.312. The number of aryl methyl sites for hydroxylation is 1. The van der Waals surface area contributed by atoms with E-state index in [1.807, 2.05) is 13.0 Å². The third kappa shape index (κ3) is 2.77. The molecule has 0 bridgehead atoms. The molecule has 7 heteroatoms. The average molecular weight is 308 g/mol. The molecular weight excluding hydrogens is 292 g/mol. The van der Waals surface area contributed by atoms with Crippen molar-refractivity contribution in [2.24, 2.45) is 0 Å². The van der Waals surface area contributed by atoms with E-state index in [9.17, 15) is 0 Å². The Morgan fingerprint density at radius 3 is 2.87 bits per heavy atom. The van der Waals surface area contributed by atoms with Crippen molar-refractivity contribution in [3.63, 3.8) is 0 Å². The van der Waals surface area contributed by atoms with Crippen LogP contribution in [-0.4, -0.2) is 44.1 Å². The Bertz CT molecular complexity index is 817. The standard InChI is InChI=1S/C16H16N6O/c1-11-6-18-16(19-7-11)23-12-3-5-22(9-12)15-13-2-4-17-8-14(13)20-10-21-15/h2,4,6-8,10,12H,3,5,9H2,1H3. The highest BCUT2D eigenvalue weighted by atomic mass is 16.5. The summed E-state index contributed by atoms with van der Waals surface area (Å²) in [6, 6.07) is 2.38. The molecule has 0 amide bonds. The van der Waals surface area contributed by atoms with Gasteiger partial charge in [0, 0.05) is 36.9 Å². The fourth-order valence-electron chi connectivity index (χ4n) is 2.75. The van der Waals surface area contributed by atoms with Crippen molar-refractivity contribution in [1.82, 2.24) is 24.9 Å². The summed E-state index contributed by atoms with van der Waals surface area (Å²) in [5.41, 5.74) is 1.87. The van der Waals surface area contributed by atoms with E-state index in [0.29, 0.717) is 6.01 Å². The number of pyridine rings is 1. The van der Waals surface area contributed by atoms with Crippen molar-refractivity contribution < 1.29 is 4.74 Å². The SMILES string of the molecule is Cc1cnc(OC2CCN(c3ncnc4cnccc34)C2)nc1. The van der Waals surface area contributed by atoms with Gasteiger partial charge in [0.1, 0.15) is 18.2 Å². The van der Waals surface area contributed by atoms with Gasteiger partial charge in [-0.05, 0) is 18.6 Å². The predicted molar refractivity (Wildman–Crippen MR) is 85.3 cm³/mol.